The van der Waals surface area contributed by atoms with Gasteiger partial charge in [-0.25, -0.2) is 0 Å². The maximum Gasteiger partial charge on any atom is 0.0645 e. The highest BCUT2D eigenvalue weighted by molar-refractivity contribution is 6.10. The predicted octanol–water partition coefficient (Wildman–Crippen LogP) is 18.3. The van der Waals surface area contributed by atoms with Gasteiger partial charge in [0.05, 0.1) is 34.3 Å². The standard InChI is InChI=1S/C66H46N2/c1-4-15-47(16-5-1)49-27-29-50(30-28-49)51-31-38-57(39-32-51)67(59-42-35-54(36-43-59)62-24-11-10-23-61(62)53-19-8-3-9-20-53)58-40-33-52(34-41-58)56-37-44-66-64(46-56)63-25-12-13-26-65(63)68(66)60-22-14-21-55(45-60)48-17-6-2-7-18-48/h1-46H/i1D,4D,5D,15D,16D,27D,28D,29D,30D,31D,32D,33D,34D,38D,39D,40D,41D. The Morgan fingerprint density at radius 3 is 1.37 bits per heavy atom. The fraction of sp³-hybridized carbons (Fsp3) is 0. The molecule has 320 valence electrons. The van der Waals surface area contributed by atoms with Crippen LogP contribution in [0, 0.1) is 0 Å². The number of nitrogens with zero attached hydrogens (tertiary/aromatic N) is 2. The fourth-order valence-electron chi connectivity index (χ4n) is 8.67. The molecule has 68 heavy (non-hydrogen) atoms. The van der Waals surface area contributed by atoms with E-state index < -0.39 is 136 Å². The molecule has 0 amide bonds. The molecule has 2 heteroatoms. The smallest absolute Gasteiger partial charge is 0.0645 e. The molecule has 0 saturated heterocycles. The first-order valence-electron chi connectivity index (χ1n) is 30.4. The quantitative estimate of drug-likeness (QED) is 0.133. The highest BCUT2D eigenvalue weighted by atomic mass is 15.1. The summed E-state index contributed by atoms with van der Waals surface area (Å²) in [4.78, 5) is 1.14. The van der Waals surface area contributed by atoms with Gasteiger partial charge in [-0.1, -0.05) is 212 Å². The third kappa shape index (κ3) is 7.74. The molecule has 0 atom stereocenters. The van der Waals surface area contributed by atoms with Gasteiger partial charge in [0.1, 0.15) is 0 Å². The van der Waals surface area contributed by atoms with Gasteiger partial charge < -0.3 is 9.47 Å². The van der Waals surface area contributed by atoms with E-state index in [4.69, 9.17) is 9.60 Å². The topological polar surface area (TPSA) is 8.17 Å². The first-order valence-corrected chi connectivity index (χ1v) is 21.9. The number of hydrogen-bond acceptors (Lipinski definition) is 1. The number of fused-ring (bicyclic) bond motifs is 3. The molecule has 0 aliphatic heterocycles. The lowest BCUT2D eigenvalue weighted by Crippen LogP contribution is -2.09. The Balaban J connectivity index is 1.05. The molecule has 0 bridgehead atoms. The van der Waals surface area contributed by atoms with Crippen molar-refractivity contribution in [3.63, 3.8) is 0 Å². The minimum absolute atomic E-state index is 0.0401. The predicted molar refractivity (Wildman–Crippen MR) is 288 cm³/mol. The molecule has 0 aliphatic rings. The number of hydrogen-bond donors (Lipinski definition) is 0. The number of rotatable bonds is 10. The molecule has 0 spiro atoms. The van der Waals surface area contributed by atoms with Gasteiger partial charge in [0.2, 0.25) is 0 Å². The molecule has 0 fully saturated rings. The Kier molecular flexibility index (Phi) is 6.86. The molecule has 0 N–H and O–H groups in total. The normalized spacial score (nSPS) is 14.7. The summed E-state index contributed by atoms with van der Waals surface area (Å²) in [5.74, 6) is 0. The zero-order chi connectivity index (χ0) is 60.0. The second-order valence-electron chi connectivity index (χ2n) is 16.0. The van der Waals surface area contributed by atoms with Crippen molar-refractivity contribution in [1.29, 1.82) is 0 Å². The SMILES string of the molecule is [2H]c1c([2H])c([2H])c(-c2c([2H])c([2H])c(-c3c([2H])c([2H])c(N(c4ccc(-c5ccccc5-c5ccccc5)cc4)c4c([2H])c([2H])c(-c5ccc6c(c5)c5ccccc5n6-c5cccc(-c6ccccc6)c5)c([2H])c4[2H])c([2H])c3[2H])c([2H])c2[2H])c([2H])c1[2H]. The van der Waals surface area contributed by atoms with Crippen molar-refractivity contribution in [3.8, 4) is 72.4 Å². The van der Waals surface area contributed by atoms with Gasteiger partial charge in [0.15, 0.2) is 0 Å². The Hall–Kier alpha value is -8.98. The Morgan fingerprint density at radius 2 is 0.735 bits per heavy atom. The molecule has 1 aromatic heterocycles. The van der Waals surface area contributed by atoms with Gasteiger partial charge in [0.25, 0.3) is 0 Å². The molecular weight excluding hydrogens is 821 g/mol. The van der Waals surface area contributed by atoms with Crippen LogP contribution in [-0.4, -0.2) is 4.57 Å². The lowest BCUT2D eigenvalue weighted by Gasteiger charge is -2.26. The summed E-state index contributed by atoms with van der Waals surface area (Å²) in [6, 6.07) is 43.0. The molecule has 1 heterocycles. The van der Waals surface area contributed by atoms with Crippen molar-refractivity contribution in [2.24, 2.45) is 0 Å². The first-order chi connectivity index (χ1) is 40.8. The van der Waals surface area contributed by atoms with E-state index in [-0.39, 0.29) is 11.3 Å². The summed E-state index contributed by atoms with van der Waals surface area (Å²) in [6.45, 7) is 0. The van der Waals surface area contributed by atoms with E-state index in [1.807, 2.05) is 140 Å². The molecule has 12 rings (SSSR count). The second kappa shape index (κ2) is 17.8. The van der Waals surface area contributed by atoms with Crippen LogP contribution in [0.15, 0.2) is 279 Å². The van der Waals surface area contributed by atoms with Crippen LogP contribution >= 0.6 is 0 Å². The molecule has 0 aliphatic carbocycles. The Morgan fingerprint density at radius 1 is 0.279 bits per heavy atom. The first kappa shape index (κ1) is 26.2. The summed E-state index contributed by atoms with van der Waals surface area (Å²) < 4.78 is 158. The Bertz CT molecular complexity index is 4620. The van der Waals surface area contributed by atoms with Crippen molar-refractivity contribution in [3.05, 3.63) is 279 Å². The van der Waals surface area contributed by atoms with E-state index in [0.717, 1.165) is 65.8 Å². The van der Waals surface area contributed by atoms with Crippen molar-refractivity contribution in [2.75, 3.05) is 4.90 Å². The monoisotopic (exact) mass is 883 g/mol. The average Bonchev–Trinajstić information content (AvgIpc) is 2.67. The van der Waals surface area contributed by atoms with E-state index in [1.54, 1.807) is 30.3 Å². The molecule has 2 nitrogen and oxygen atoms in total. The van der Waals surface area contributed by atoms with Crippen molar-refractivity contribution in [2.45, 2.75) is 0 Å². The molecule has 0 saturated carbocycles. The third-order valence-corrected chi connectivity index (χ3v) is 11.9. The molecule has 0 unspecified atom stereocenters. The van der Waals surface area contributed by atoms with E-state index in [2.05, 4.69) is 10.6 Å². The summed E-state index contributed by atoms with van der Waals surface area (Å²) in [7, 11) is 0. The fourth-order valence-corrected chi connectivity index (χ4v) is 8.67. The van der Waals surface area contributed by atoms with Crippen molar-refractivity contribution >= 4 is 38.9 Å². The molecular formula is C66H46N2. The van der Waals surface area contributed by atoms with Crippen LogP contribution < -0.4 is 4.90 Å². The van der Waals surface area contributed by atoms with E-state index >= 15 is 0 Å². The van der Waals surface area contributed by atoms with Crippen LogP contribution in [0.4, 0.5) is 17.1 Å². The van der Waals surface area contributed by atoms with E-state index in [1.165, 1.54) is 0 Å². The van der Waals surface area contributed by atoms with Gasteiger partial charge in [0, 0.05) is 33.5 Å². The molecule has 12 aromatic rings. The van der Waals surface area contributed by atoms with Crippen molar-refractivity contribution < 1.29 is 23.3 Å². The average molecular weight is 884 g/mol. The number of aromatic nitrogens is 1. The van der Waals surface area contributed by atoms with Gasteiger partial charge in [-0.3, -0.25) is 0 Å². The summed E-state index contributed by atoms with van der Waals surface area (Å²) in [5, 5.41) is 1.66. The van der Waals surface area contributed by atoms with Crippen LogP contribution in [0.2, 0.25) is 0 Å². The third-order valence-electron chi connectivity index (χ3n) is 11.9. The highest BCUT2D eigenvalue weighted by Crippen LogP contribution is 2.41. The van der Waals surface area contributed by atoms with Gasteiger partial charge in [-0.05, 0) is 133 Å². The lowest BCUT2D eigenvalue weighted by molar-refractivity contribution is 1.18. The van der Waals surface area contributed by atoms with Crippen LogP contribution in [0.25, 0.3) is 94.3 Å². The lowest BCUT2D eigenvalue weighted by atomic mass is 9.94. The van der Waals surface area contributed by atoms with E-state index in [0.29, 0.717) is 5.56 Å². The van der Waals surface area contributed by atoms with Gasteiger partial charge >= 0.3 is 0 Å². The van der Waals surface area contributed by atoms with Crippen LogP contribution in [0.5, 0.6) is 0 Å². The van der Waals surface area contributed by atoms with Crippen LogP contribution in [0.1, 0.15) is 23.3 Å². The molecule has 11 aromatic carbocycles. The van der Waals surface area contributed by atoms with Gasteiger partial charge in [-0.2, -0.15) is 0 Å². The highest BCUT2D eigenvalue weighted by Gasteiger charge is 2.17. The maximum atomic E-state index is 9.84. The maximum absolute atomic E-state index is 9.84. The number of para-hydroxylation sites is 1. The summed E-state index contributed by atoms with van der Waals surface area (Å²) in [5.41, 5.74) is 5.04. The number of anilines is 3. The van der Waals surface area contributed by atoms with E-state index in [9.17, 15) is 13.7 Å². The second-order valence-corrected chi connectivity index (χ2v) is 16.0. The van der Waals surface area contributed by atoms with Crippen molar-refractivity contribution in [1.82, 2.24) is 4.57 Å². The summed E-state index contributed by atoms with van der Waals surface area (Å²) >= 11 is 0. The number of benzene rings is 11. The minimum Gasteiger partial charge on any atom is -0.311 e. The Labute approximate surface area is 421 Å². The minimum atomic E-state index is -0.880. The molecule has 0 radical (unpaired) electrons. The van der Waals surface area contributed by atoms with Gasteiger partial charge in [-0.15, -0.1) is 0 Å². The zero-order valence-electron chi connectivity index (χ0n) is 53.1. The van der Waals surface area contributed by atoms with Crippen LogP contribution in [0.3, 0.4) is 0 Å². The summed E-state index contributed by atoms with van der Waals surface area (Å²) in [6.07, 6.45) is 0. The van der Waals surface area contributed by atoms with Crippen LogP contribution in [-0.2, 0) is 0 Å². The largest absolute Gasteiger partial charge is 0.311 e. The zero-order valence-corrected chi connectivity index (χ0v) is 36.1.